The van der Waals surface area contributed by atoms with Crippen LogP contribution in [0, 0.1) is 0 Å². The maximum Gasteiger partial charge on any atom is 0.425 e. The Kier molecular flexibility index (Phi) is 5.62. The maximum atomic E-state index is 13.5. The van der Waals surface area contributed by atoms with Gasteiger partial charge in [0.05, 0.1) is 25.0 Å². The SMILES string of the molecule is CN=CC(=NN)[C@@H]1CC2(C[C@H](C)N1)OCCc1c2sc(C(F)(F)F)c1CO. The maximum absolute atomic E-state index is 13.5. The highest BCUT2D eigenvalue weighted by Gasteiger charge is 2.49. The van der Waals surface area contributed by atoms with Crippen LogP contribution in [-0.2, 0) is 29.5 Å². The molecule has 3 heterocycles. The van der Waals surface area contributed by atoms with Crippen molar-refractivity contribution >= 4 is 23.3 Å². The van der Waals surface area contributed by atoms with Crippen molar-refractivity contribution in [1.29, 1.82) is 0 Å². The molecule has 1 unspecified atom stereocenters. The van der Waals surface area contributed by atoms with E-state index in [4.69, 9.17) is 10.6 Å². The van der Waals surface area contributed by atoms with E-state index in [1.54, 1.807) is 13.3 Å². The monoisotopic (exact) mass is 404 g/mol. The molecule has 1 fully saturated rings. The molecule has 0 aromatic carbocycles. The Morgan fingerprint density at radius 3 is 2.81 bits per heavy atom. The van der Waals surface area contributed by atoms with Crippen LogP contribution in [0.1, 0.15) is 40.6 Å². The Bertz CT molecular complexity index is 762. The van der Waals surface area contributed by atoms with Crippen molar-refractivity contribution in [2.75, 3.05) is 13.7 Å². The standard InChI is InChI=1S/C17H23F3N4O2S/c1-9-5-16(6-12(23-9)13(24-21)7-22-2)14-10(3-4-26-16)11(8-25)15(27-14)17(18,19)20/h7,9,12,23,25H,3-6,8,21H2,1-2H3/t9-,12-,16?/m0/s1. The molecular formula is C17H23F3N4O2S. The van der Waals surface area contributed by atoms with Crippen molar-refractivity contribution in [1.82, 2.24) is 5.32 Å². The van der Waals surface area contributed by atoms with Gasteiger partial charge < -0.3 is 21.0 Å². The lowest BCUT2D eigenvalue weighted by atomic mass is 9.78. The Labute approximate surface area is 159 Å². The summed E-state index contributed by atoms with van der Waals surface area (Å²) in [6.07, 6.45) is -1.67. The molecule has 0 amide bonds. The molecule has 3 atom stereocenters. The van der Waals surface area contributed by atoms with Crippen molar-refractivity contribution in [3.63, 3.8) is 0 Å². The number of nitrogens with one attached hydrogen (secondary N) is 1. The summed E-state index contributed by atoms with van der Waals surface area (Å²) in [5.74, 6) is 5.49. The minimum atomic E-state index is -4.50. The lowest BCUT2D eigenvalue weighted by Crippen LogP contribution is -2.56. The van der Waals surface area contributed by atoms with E-state index in [-0.39, 0.29) is 17.6 Å². The molecule has 1 spiro atoms. The summed E-state index contributed by atoms with van der Waals surface area (Å²) >= 11 is 0.693. The molecule has 3 rings (SSSR count). The average molecular weight is 404 g/mol. The van der Waals surface area contributed by atoms with Crippen molar-refractivity contribution in [2.24, 2.45) is 15.9 Å². The highest BCUT2D eigenvalue weighted by molar-refractivity contribution is 7.12. The summed E-state index contributed by atoms with van der Waals surface area (Å²) in [7, 11) is 1.60. The van der Waals surface area contributed by atoms with E-state index in [0.29, 0.717) is 53.4 Å². The van der Waals surface area contributed by atoms with Crippen LogP contribution in [0.3, 0.4) is 0 Å². The number of aliphatic hydroxyl groups is 1. The van der Waals surface area contributed by atoms with Gasteiger partial charge in [-0.15, -0.1) is 11.3 Å². The number of hydrogen-bond donors (Lipinski definition) is 3. The summed E-state index contributed by atoms with van der Waals surface area (Å²) in [5, 5.41) is 16.8. The van der Waals surface area contributed by atoms with Crippen LogP contribution in [0.5, 0.6) is 0 Å². The number of hydrogen-bond acceptors (Lipinski definition) is 7. The van der Waals surface area contributed by atoms with Gasteiger partial charge in [-0.1, -0.05) is 0 Å². The normalized spacial score (nSPS) is 29.5. The van der Waals surface area contributed by atoms with Gasteiger partial charge in [0.2, 0.25) is 0 Å². The van der Waals surface area contributed by atoms with Crippen molar-refractivity contribution in [3.05, 3.63) is 20.9 Å². The lowest BCUT2D eigenvalue weighted by Gasteiger charge is -2.46. The molecule has 150 valence electrons. The Hall–Kier alpha value is -1.49. The van der Waals surface area contributed by atoms with Gasteiger partial charge in [0, 0.05) is 36.2 Å². The van der Waals surface area contributed by atoms with Gasteiger partial charge in [-0.05, 0) is 25.3 Å². The lowest BCUT2D eigenvalue weighted by molar-refractivity contribution is -0.135. The topological polar surface area (TPSA) is 92.2 Å². The average Bonchev–Trinajstić information content (AvgIpc) is 2.99. The predicted molar refractivity (Wildman–Crippen MR) is 98.2 cm³/mol. The summed E-state index contributed by atoms with van der Waals surface area (Å²) in [6, 6.07) is -0.312. The second kappa shape index (κ2) is 7.50. The van der Waals surface area contributed by atoms with Crippen LogP contribution in [0.15, 0.2) is 10.1 Å². The second-order valence-corrected chi connectivity index (χ2v) is 7.96. The highest BCUT2D eigenvalue weighted by Crippen LogP contribution is 2.51. The Balaban J connectivity index is 2.09. The highest BCUT2D eigenvalue weighted by atomic mass is 32.1. The number of alkyl halides is 3. The van der Waals surface area contributed by atoms with Crippen molar-refractivity contribution in [3.8, 4) is 0 Å². The number of nitrogens with two attached hydrogens (primary N) is 1. The number of fused-ring (bicyclic) bond motifs is 2. The third-order valence-corrected chi connectivity index (χ3v) is 6.60. The van der Waals surface area contributed by atoms with Gasteiger partial charge >= 0.3 is 6.18 Å². The molecule has 0 saturated carbocycles. The number of nitrogens with zero attached hydrogens (tertiary/aromatic N) is 2. The second-order valence-electron chi connectivity index (χ2n) is 6.94. The fourth-order valence-corrected chi connectivity index (χ4v) is 5.54. The molecule has 1 aromatic heterocycles. The van der Waals surface area contributed by atoms with Gasteiger partial charge in [0.15, 0.2) is 0 Å². The van der Waals surface area contributed by atoms with Gasteiger partial charge in [-0.2, -0.15) is 18.3 Å². The molecule has 0 radical (unpaired) electrons. The van der Waals surface area contributed by atoms with Crippen LogP contribution < -0.4 is 11.2 Å². The van der Waals surface area contributed by atoms with E-state index in [1.807, 2.05) is 6.92 Å². The zero-order valence-corrected chi connectivity index (χ0v) is 16.0. The number of thiophene rings is 1. The zero-order valence-electron chi connectivity index (χ0n) is 15.1. The van der Waals surface area contributed by atoms with E-state index in [2.05, 4.69) is 15.4 Å². The summed E-state index contributed by atoms with van der Waals surface area (Å²) in [6.45, 7) is 1.63. The first-order valence-corrected chi connectivity index (χ1v) is 9.50. The molecule has 2 aliphatic heterocycles. The van der Waals surface area contributed by atoms with E-state index < -0.39 is 23.3 Å². The molecule has 0 aliphatic carbocycles. The zero-order chi connectivity index (χ0) is 19.8. The molecule has 10 heteroatoms. The first-order valence-electron chi connectivity index (χ1n) is 8.68. The number of halogens is 3. The number of hydrazone groups is 1. The van der Waals surface area contributed by atoms with Gasteiger partial charge in [0.1, 0.15) is 10.5 Å². The quantitative estimate of drug-likeness (QED) is 0.409. The largest absolute Gasteiger partial charge is 0.425 e. The third-order valence-electron chi connectivity index (χ3n) is 5.10. The molecule has 1 aromatic rings. The Morgan fingerprint density at radius 2 is 2.22 bits per heavy atom. The first kappa shape index (κ1) is 20.2. The summed E-state index contributed by atoms with van der Waals surface area (Å²) in [5.41, 5.74) is 0.215. The first-order chi connectivity index (χ1) is 12.8. The molecule has 6 nitrogen and oxygen atoms in total. The fourth-order valence-electron chi connectivity index (χ4n) is 4.15. The molecule has 27 heavy (non-hydrogen) atoms. The minimum absolute atomic E-state index is 0.0178. The fraction of sp³-hybridized carbons (Fsp3) is 0.647. The molecule has 4 N–H and O–H groups in total. The number of aliphatic hydroxyl groups excluding tert-OH is 1. The number of piperidine rings is 1. The van der Waals surface area contributed by atoms with Crippen LogP contribution in [0.25, 0.3) is 0 Å². The van der Waals surface area contributed by atoms with Crippen LogP contribution >= 0.6 is 11.3 Å². The number of aliphatic imine (C=N–C) groups is 1. The van der Waals surface area contributed by atoms with Crippen LogP contribution in [0.2, 0.25) is 0 Å². The van der Waals surface area contributed by atoms with Gasteiger partial charge in [-0.25, -0.2) is 0 Å². The smallest absolute Gasteiger partial charge is 0.392 e. The van der Waals surface area contributed by atoms with Crippen LogP contribution in [0.4, 0.5) is 13.2 Å². The Morgan fingerprint density at radius 1 is 1.48 bits per heavy atom. The molecule has 1 saturated heterocycles. The summed E-state index contributed by atoms with van der Waals surface area (Å²) < 4.78 is 46.6. The minimum Gasteiger partial charge on any atom is -0.392 e. The van der Waals surface area contributed by atoms with Crippen molar-refractivity contribution < 1.29 is 23.0 Å². The van der Waals surface area contributed by atoms with Crippen LogP contribution in [-0.4, -0.2) is 42.8 Å². The van der Waals surface area contributed by atoms with E-state index in [0.717, 1.165) is 0 Å². The molecular weight excluding hydrogens is 381 g/mol. The van der Waals surface area contributed by atoms with E-state index in [9.17, 15) is 18.3 Å². The summed E-state index contributed by atoms with van der Waals surface area (Å²) in [4.78, 5) is 3.79. The number of ether oxygens (including phenoxy) is 1. The third kappa shape index (κ3) is 3.63. The van der Waals surface area contributed by atoms with Crippen molar-refractivity contribution in [2.45, 2.75) is 56.7 Å². The number of rotatable bonds is 3. The van der Waals surface area contributed by atoms with E-state index >= 15 is 0 Å². The van der Waals surface area contributed by atoms with Gasteiger partial charge in [-0.3, -0.25) is 4.99 Å². The predicted octanol–water partition coefficient (Wildman–Crippen LogP) is 2.18. The molecule has 0 bridgehead atoms. The molecule has 2 aliphatic rings. The van der Waals surface area contributed by atoms with E-state index in [1.165, 1.54) is 0 Å². The van der Waals surface area contributed by atoms with Gasteiger partial charge in [0.25, 0.3) is 0 Å².